The van der Waals surface area contributed by atoms with Crippen molar-refractivity contribution in [1.29, 1.82) is 0 Å². The van der Waals surface area contributed by atoms with Crippen LogP contribution in [0.5, 0.6) is 0 Å². The molecular formula is C12H15F3O2. The molecule has 0 aliphatic heterocycles. The number of hydrogen-bond acceptors (Lipinski definition) is 2. The molecule has 1 atom stereocenters. The molecule has 17 heavy (non-hydrogen) atoms. The predicted octanol–water partition coefficient (Wildman–Crippen LogP) is 2.95. The van der Waals surface area contributed by atoms with Crippen molar-refractivity contribution in [1.82, 2.24) is 0 Å². The largest absolute Gasteiger partial charge is 0.385 e. The molecule has 0 fully saturated rings. The van der Waals surface area contributed by atoms with Crippen LogP contribution in [-0.2, 0) is 4.74 Å². The minimum absolute atomic E-state index is 0.315. The number of ether oxygens (including phenoxy) is 1. The van der Waals surface area contributed by atoms with Gasteiger partial charge in [0, 0.05) is 12.2 Å². The van der Waals surface area contributed by atoms with Gasteiger partial charge < -0.3 is 9.84 Å². The van der Waals surface area contributed by atoms with Crippen LogP contribution in [0.4, 0.5) is 13.2 Å². The Morgan fingerprint density at radius 2 is 1.82 bits per heavy atom. The summed E-state index contributed by atoms with van der Waals surface area (Å²) < 4.78 is 44.5. The Labute approximate surface area is 98.0 Å². The summed E-state index contributed by atoms with van der Waals surface area (Å²) in [5, 5.41) is 9.92. The molecule has 1 aromatic rings. The third-order valence-corrected chi connectivity index (χ3v) is 2.53. The van der Waals surface area contributed by atoms with Crippen molar-refractivity contribution in [3.05, 3.63) is 35.1 Å². The van der Waals surface area contributed by atoms with E-state index in [1.54, 1.807) is 20.8 Å². The van der Waals surface area contributed by atoms with Crippen molar-refractivity contribution < 1.29 is 23.0 Å². The zero-order chi connectivity index (χ0) is 13.2. The fraction of sp³-hybridized carbons (Fsp3) is 0.500. The average molecular weight is 248 g/mol. The maximum absolute atomic E-state index is 13.5. The molecule has 0 spiro atoms. The first-order valence-electron chi connectivity index (χ1n) is 5.26. The summed E-state index contributed by atoms with van der Waals surface area (Å²) in [6.45, 7) is 5.12. The van der Waals surface area contributed by atoms with Gasteiger partial charge in [0.15, 0.2) is 17.5 Å². The number of hydrogen-bond donors (Lipinski definition) is 1. The molecule has 0 bridgehead atoms. The second-order valence-corrected chi connectivity index (χ2v) is 4.20. The van der Waals surface area contributed by atoms with Crippen LogP contribution in [0, 0.1) is 17.5 Å². The second-order valence-electron chi connectivity index (χ2n) is 4.20. The number of rotatable bonds is 4. The molecule has 0 saturated heterocycles. The van der Waals surface area contributed by atoms with Gasteiger partial charge >= 0.3 is 0 Å². The maximum atomic E-state index is 13.5. The number of halogens is 3. The molecule has 0 radical (unpaired) electrons. The highest BCUT2D eigenvalue weighted by atomic mass is 19.2. The summed E-state index contributed by atoms with van der Waals surface area (Å²) in [7, 11) is 0. The van der Waals surface area contributed by atoms with Gasteiger partial charge in [-0.1, -0.05) is 6.07 Å². The minimum Gasteiger partial charge on any atom is -0.385 e. The SMILES string of the molecule is CCOC(C)(C)C(O)c1ccc(F)c(F)c1F. The van der Waals surface area contributed by atoms with Gasteiger partial charge in [-0.05, 0) is 26.8 Å². The Morgan fingerprint density at radius 3 is 2.35 bits per heavy atom. The molecule has 1 rings (SSSR count). The van der Waals surface area contributed by atoms with E-state index in [9.17, 15) is 18.3 Å². The van der Waals surface area contributed by atoms with Crippen LogP contribution < -0.4 is 0 Å². The smallest absolute Gasteiger partial charge is 0.194 e. The maximum Gasteiger partial charge on any atom is 0.194 e. The molecule has 2 nitrogen and oxygen atoms in total. The molecule has 1 aromatic carbocycles. The first kappa shape index (κ1) is 14.0. The predicted molar refractivity (Wildman–Crippen MR) is 57.0 cm³/mol. The van der Waals surface area contributed by atoms with Gasteiger partial charge in [0.05, 0.1) is 5.60 Å². The Bertz CT molecular complexity index is 405. The highest BCUT2D eigenvalue weighted by molar-refractivity contribution is 5.24. The Hall–Kier alpha value is -1.07. The van der Waals surface area contributed by atoms with E-state index in [1.165, 1.54) is 0 Å². The van der Waals surface area contributed by atoms with Crippen molar-refractivity contribution in [3.63, 3.8) is 0 Å². The quantitative estimate of drug-likeness (QED) is 0.830. The Morgan fingerprint density at radius 1 is 1.24 bits per heavy atom. The molecule has 96 valence electrons. The lowest BCUT2D eigenvalue weighted by molar-refractivity contribution is -0.0996. The first-order chi connectivity index (χ1) is 7.81. The summed E-state index contributed by atoms with van der Waals surface area (Å²) in [5.41, 5.74) is -1.40. The van der Waals surface area contributed by atoms with Crippen LogP contribution in [0.1, 0.15) is 32.4 Å². The Balaban J connectivity index is 3.13. The second kappa shape index (κ2) is 5.06. The van der Waals surface area contributed by atoms with E-state index in [2.05, 4.69) is 0 Å². The molecule has 1 N–H and O–H groups in total. The molecule has 0 aliphatic rings. The summed E-state index contributed by atoms with van der Waals surface area (Å²) in [5.74, 6) is -4.26. The van der Waals surface area contributed by atoms with E-state index >= 15 is 0 Å². The number of benzene rings is 1. The van der Waals surface area contributed by atoms with Crippen molar-refractivity contribution in [2.24, 2.45) is 0 Å². The zero-order valence-electron chi connectivity index (χ0n) is 9.93. The molecule has 0 saturated carbocycles. The van der Waals surface area contributed by atoms with Gasteiger partial charge in [-0.15, -0.1) is 0 Å². The molecular weight excluding hydrogens is 233 g/mol. The van der Waals surface area contributed by atoms with E-state index < -0.39 is 29.2 Å². The lowest BCUT2D eigenvalue weighted by atomic mass is 9.94. The van der Waals surface area contributed by atoms with Gasteiger partial charge in [0.25, 0.3) is 0 Å². The van der Waals surface area contributed by atoms with E-state index in [-0.39, 0.29) is 5.56 Å². The molecule has 0 amide bonds. The third-order valence-electron chi connectivity index (χ3n) is 2.53. The van der Waals surface area contributed by atoms with Gasteiger partial charge in [0.1, 0.15) is 6.10 Å². The van der Waals surface area contributed by atoms with Gasteiger partial charge in [-0.2, -0.15) is 0 Å². The van der Waals surface area contributed by atoms with Crippen molar-refractivity contribution in [2.45, 2.75) is 32.5 Å². The van der Waals surface area contributed by atoms with Crippen molar-refractivity contribution in [2.75, 3.05) is 6.61 Å². The molecule has 0 heterocycles. The van der Waals surface area contributed by atoms with E-state index in [4.69, 9.17) is 4.74 Å². The lowest BCUT2D eigenvalue weighted by Gasteiger charge is -2.30. The van der Waals surface area contributed by atoms with Crippen molar-refractivity contribution >= 4 is 0 Å². The van der Waals surface area contributed by atoms with Gasteiger partial charge in [0.2, 0.25) is 0 Å². The highest BCUT2D eigenvalue weighted by Gasteiger charge is 2.33. The lowest BCUT2D eigenvalue weighted by Crippen LogP contribution is -2.33. The normalized spacial score (nSPS) is 13.8. The van der Waals surface area contributed by atoms with Crippen LogP contribution in [-0.4, -0.2) is 17.3 Å². The summed E-state index contributed by atoms with van der Waals surface area (Å²) in [4.78, 5) is 0. The Kier molecular flexibility index (Phi) is 4.16. The zero-order valence-corrected chi connectivity index (χ0v) is 9.93. The van der Waals surface area contributed by atoms with Crippen molar-refractivity contribution in [3.8, 4) is 0 Å². The van der Waals surface area contributed by atoms with Crippen LogP contribution >= 0.6 is 0 Å². The first-order valence-corrected chi connectivity index (χ1v) is 5.26. The van der Waals surface area contributed by atoms with Crippen LogP contribution in [0.3, 0.4) is 0 Å². The summed E-state index contributed by atoms with van der Waals surface area (Å²) in [6, 6.07) is 1.79. The third kappa shape index (κ3) is 2.79. The fourth-order valence-corrected chi connectivity index (χ4v) is 1.58. The van der Waals surface area contributed by atoms with Crippen LogP contribution in [0.2, 0.25) is 0 Å². The van der Waals surface area contributed by atoms with E-state index in [1.807, 2.05) is 0 Å². The highest BCUT2D eigenvalue weighted by Crippen LogP contribution is 2.31. The average Bonchev–Trinajstić information content (AvgIpc) is 2.25. The van der Waals surface area contributed by atoms with Gasteiger partial charge in [-0.25, -0.2) is 13.2 Å². The summed E-state index contributed by atoms with van der Waals surface area (Å²) >= 11 is 0. The summed E-state index contributed by atoms with van der Waals surface area (Å²) in [6.07, 6.45) is -1.38. The molecule has 0 aliphatic carbocycles. The monoisotopic (exact) mass is 248 g/mol. The van der Waals surface area contributed by atoms with Crippen LogP contribution in [0.15, 0.2) is 12.1 Å². The standard InChI is InChI=1S/C12H15F3O2/c1-4-17-12(2,3)11(16)7-5-6-8(13)10(15)9(7)14/h5-6,11,16H,4H2,1-3H3. The molecule has 1 unspecified atom stereocenters. The van der Waals surface area contributed by atoms with E-state index in [0.29, 0.717) is 6.61 Å². The minimum atomic E-state index is -1.59. The number of aliphatic hydroxyl groups excluding tert-OH is 1. The van der Waals surface area contributed by atoms with Gasteiger partial charge in [-0.3, -0.25) is 0 Å². The van der Waals surface area contributed by atoms with E-state index in [0.717, 1.165) is 12.1 Å². The molecule has 0 aromatic heterocycles. The fourth-order valence-electron chi connectivity index (χ4n) is 1.58. The number of aliphatic hydroxyl groups is 1. The van der Waals surface area contributed by atoms with Crippen LogP contribution in [0.25, 0.3) is 0 Å². The topological polar surface area (TPSA) is 29.5 Å². The molecule has 5 heteroatoms.